The van der Waals surface area contributed by atoms with Crippen LogP contribution in [0, 0.1) is 0 Å². The van der Waals surface area contributed by atoms with Crippen LogP contribution in [0.4, 0.5) is 0 Å². The Morgan fingerprint density at radius 2 is 2.32 bits per heavy atom. The number of benzene rings is 1. The molecule has 1 unspecified atom stereocenters. The fourth-order valence-corrected chi connectivity index (χ4v) is 2.97. The monoisotopic (exact) mass is 299 g/mol. The molecule has 1 aliphatic rings. The number of pyridine rings is 1. The first-order valence-corrected chi connectivity index (χ1v) is 7.53. The zero-order valence-corrected chi connectivity index (χ0v) is 13.0. The third-order valence-electron chi connectivity index (χ3n) is 4.13. The van der Waals surface area contributed by atoms with Crippen LogP contribution in [0.5, 0.6) is 0 Å². The van der Waals surface area contributed by atoms with E-state index in [1.807, 2.05) is 19.1 Å². The van der Waals surface area contributed by atoms with Gasteiger partial charge in [0.2, 0.25) is 0 Å². The van der Waals surface area contributed by atoms with Crippen LogP contribution in [-0.4, -0.2) is 48.1 Å². The standard InChI is InChI=1S/C17H21N3O2/c1-17(16(21)18-2)12-20(8-9-22-17)11-13-5-6-15-14(10-13)4-3-7-19-15/h3-7,10H,8-9,11-12H2,1-2H3,(H,18,21). The second-order valence-corrected chi connectivity index (χ2v) is 5.90. The molecule has 0 radical (unpaired) electrons. The van der Waals surface area contributed by atoms with Crippen molar-refractivity contribution in [3.63, 3.8) is 0 Å². The Balaban J connectivity index is 1.75. The van der Waals surface area contributed by atoms with E-state index in [0.717, 1.165) is 24.0 Å². The van der Waals surface area contributed by atoms with Gasteiger partial charge in [-0.3, -0.25) is 14.7 Å². The van der Waals surface area contributed by atoms with E-state index in [1.165, 1.54) is 5.56 Å². The maximum atomic E-state index is 12.0. The Bertz CT molecular complexity index is 688. The van der Waals surface area contributed by atoms with Gasteiger partial charge in [-0.05, 0) is 30.7 Å². The number of nitrogens with zero attached hydrogens (tertiary/aromatic N) is 2. The van der Waals surface area contributed by atoms with Crippen molar-refractivity contribution in [1.29, 1.82) is 0 Å². The lowest BCUT2D eigenvalue weighted by atomic mass is 10.0. The predicted molar refractivity (Wildman–Crippen MR) is 85.4 cm³/mol. The molecule has 1 aromatic carbocycles. The molecule has 3 rings (SSSR count). The number of aromatic nitrogens is 1. The average molecular weight is 299 g/mol. The molecule has 1 aromatic heterocycles. The van der Waals surface area contributed by atoms with Gasteiger partial charge in [-0.1, -0.05) is 12.1 Å². The highest BCUT2D eigenvalue weighted by molar-refractivity contribution is 5.85. The number of amides is 1. The van der Waals surface area contributed by atoms with Crippen LogP contribution < -0.4 is 5.32 Å². The summed E-state index contributed by atoms with van der Waals surface area (Å²) in [6, 6.07) is 10.3. The van der Waals surface area contributed by atoms with Gasteiger partial charge in [-0.2, -0.15) is 0 Å². The number of hydrogen-bond acceptors (Lipinski definition) is 4. The van der Waals surface area contributed by atoms with Crippen LogP contribution in [-0.2, 0) is 16.1 Å². The lowest BCUT2D eigenvalue weighted by molar-refractivity contribution is -0.156. The van der Waals surface area contributed by atoms with Crippen molar-refractivity contribution in [3.05, 3.63) is 42.1 Å². The predicted octanol–water partition coefficient (Wildman–Crippen LogP) is 1.57. The zero-order chi connectivity index (χ0) is 15.6. The molecule has 5 heteroatoms. The molecule has 0 bridgehead atoms. The van der Waals surface area contributed by atoms with E-state index in [9.17, 15) is 4.79 Å². The van der Waals surface area contributed by atoms with Crippen LogP contribution in [0.2, 0.25) is 0 Å². The van der Waals surface area contributed by atoms with Crippen molar-refractivity contribution in [2.24, 2.45) is 0 Å². The van der Waals surface area contributed by atoms with E-state index in [4.69, 9.17) is 4.74 Å². The molecular formula is C17H21N3O2. The highest BCUT2D eigenvalue weighted by Crippen LogP contribution is 2.21. The molecule has 5 nitrogen and oxygen atoms in total. The van der Waals surface area contributed by atoms with Crippen molar-refractivity contribution < 1.29 is 9.53 Å². The summed E-state index contributed by atoms with van der Waals surface area (Å²) in [6.45, 7) is 4.65. The van der Waals surface area contributed by atoms with Gasteiger partial charge in [0, 0.05) is 38.3 Å². The number of carbonyl (C=O) groups is 1. The van der Waals surface area contributed by atoms with Crippen LogP contribution in [0.3, 0.4) is 0 Å². The SMILES string of the molecule is CNC(=O)C1(C)CN(Cc2ccc3ncccc3c2)CCO1. The molecule has 1 amide bonds. The maximum absolute atomic E-state index is 12.0. The molecule has 1 atom stereocenters. The number of fused-ring (bicyclic) bond motifs is 1. The summed E-state index contributed by atoms with van der Waals surface area (Å²) < 4.78 is 5.69. The van der Waals surface area contributed by atoms with Crippen molar-refractivity contribution in [3.8, 4) is 0 Å². The minimum absolute atomic E-state index is 0.0695. The molecule has 0 saturated carbocycles. The summed E-state index contributed by atoms with van der Waals surface area (Å²) in [5.41, 5.74) is 1.45. The van der Waals surface area contributed by atoms with E-state index in [1.54, 1.807) is 13.2 Å². The van der Waals surface area contributed by atoms with E-state index < -0.39 is 5.60 Å². The van der Waals surface area contributed by atoms with Gasteiger partial charge in [0.15, 0.2) is 5.60 Å². The lowest BCUT2D eigenvalue weighted by Crippen LogP contribution is -2.57. The first-order chi connectivity index (χ1) is 10.6. The second kappa shape index (κ2) is 6.02. The third-order valence-corrected chi connectivity index (χ3v) is 4.13. The molecule has 2 heterocycles. The smallest absolute Gasteiger partial charge is 0.253 e. The first kappa shape index (κ1) is 14.9. The molecule has 1 aliphatic heterocycles. The Kier molecular flexibility index (Phi) is 4.09. The topological polar surface area (TPSA) is 54.5 Å². The van der Waals surface area contributed by atoms with Gasteiger partial charge in [-0.25, -0.2) is 0 Å². The van der Waals surface area contributed by atoms with Gasteiger partial charge in [0.1, 0.15) is 0 Å². The Hall–Kier alpha value is -1.98. The van der Waals surface area contributed by atoms with Crippen LogP contribution in [0.1, 0.15) is 12.5 Å². The number of rotatable bonds is 3. The molecule has 2 aromatic rings. The maximum Gasteiger partial charge on any atom is 0.253 e. The van der Waals surface area contributed by atoms with Crippen LogP contribution >= 0.6 is 0 Å². The average Bonchev–Trinajstić information content (AvgIpc) is 2.54. The highest BCUT2D eigenvalue weighted by atomic mass is 16.5. The second-order valence-electron chi connectivity index (χ2n) is 5.90. The summed E-state index contributed by atoms with van der Waals surface area (Å²) in [7, 11) is 1.65. The van der Waals surface area contributed by atoms with Crippen molar-refractivity contribution >= 4 is 16.8 Å². The molecule has 22 heavy (non-hydrogen) atoms. The van der Waals surface area contributed by atoms with Gasteiger partial charge >= 0.3 is 0 Å². The molecular weight excluding hydrogens is 278 g/mol. The van der Waals surface area contributed by atoms with Crippen LogP contribution in [0.15, 0.2) is 36.5 Å². The Morgan fingerprint density at radius 1 is 1.45 bits per heavy atom. The molecule has 1 saturated heterocycles. The van der Waals surface area contributed by atoms with Crippen molar-refractivity contribution in [2.45, 2.75) is 19.1 Å². The summed E-state index contributed by atoms with van der Waals surface area (Å²) in [5, 5.41) is 3.83. The number of nitrogens with one attached hydrogen (secondary N) is 1. The molecule has 1 N–H and O–H groups in total. The highest BCUT2D eigenvalue weighted by Gasteiger charge is 2.38. The minimum atomic E-state index is -0.772. The molecule has 0 spiro atoms. The largest absolute Gasteiger partial charge is 0.363 e. The number of carbonyl (C=O) groups excluding carboxylic acids is 1. The molecule has 116 valence electrons. The summed E-state index contributed by atoms with van der Waals surface area (Å²) in [6.07, 6.45) is 1.80. The van der Waals surface area contributed by atoms with Gasteiger partial charge in [0.05, 0.1) is 12.1 Å². The fraction of sp³-hybridized carbons (Fsp3) is 0.412. The number of hydrogen-bond donors (Lipinski definition) is 1. The fourth-order valence-electron chi connectivity index (χ4n) is 2.97. The Morgan fingerprint density at radius 3 is 3.14 bits per heavy atom. The van der Waals surface area contributed by atoms with Gasteiger partial charge in [0.25, 0.3) is 5.91 Å². The third kappa shape index (κ3) is 2.96. The minimum Gasteiger partial charge on any atom is -0.363 e. The van der Waals surface area contributed by atoms with Gasteiger partial charge in [-0.15, -0.1) is 0 Å². The normalized spacial score (nSPS) is 22.6. The van der Waals surface area contributed by atoms with E-state index in [0.29, 0.717) is 13.2 Å². The summed E-state index contributed by atoms with van der Waals surface area (Å²) >= 11 is 0. The molecule has 0 aliphatic carbocycles. The quantitative estimate of drug-likeness (QED) is 0.935. The number of ether oxygens (including phenoxy) is 1. The van der Waals surface area contributed by atoms with Crippen molar-refractivity contribution in [1.82, 2.24) is 15.2 Å². The lowest BCUT2D eigenvalue weighted by Gasteiger charge is -2.39. The first-order valence-electron chi connectivity index (χ1n) is 7.53. The number of morpholine rings is 1. The zero-order valence-electron chi connectivity index (χ0n) is 13.0. The molecule has 1 fully saturated rings. The van der Waals surface area contributed by atoms with E-state index in [2.05, 4.69) is 33.4 Å². The van der Waals surface area contributed by atoms with Crippen LogP contribution in [0.25, 0.3) is 10.9 Å². The number of likely N-dealkylation sites (N-methyl/N-ethyl adjacent to an activating group) is 1. The summed E-state index contributed by atoms with van der Waals surface area (Å²) in [4.78, 5) is 18.6. The van der Waals surface area contributed by atoms with E-state index in [-0.39, 0.29) is 5.91 Å². The van der Waals surface area contributed by atoms with Crippen molar-refractivity contribution in [2.75, 3.05) is 26.7 Å². The van der Waals surface area contributed by atoms with E-state index >= 15 is 0 Å². The summed E-state index contributed by atoms with van der Waals surface area (Å²) in [5.74, 6) is -0.0695. The van der Waals surface area contributed by atoms with Gasteiger partial charge < -0.3 is 10.1 Å². The Labute approximate surface area is 130 Å².